The van der Waals surface area contributed by atoms with Crippen LogP contribution in [0.3, 0.4) is 0 Å². The topological polar surface area (TPSA) is 81.4 Å². The molecule has 0 radical (unpaired) electrons. The van der Waals surface area contributed by atoms with Crippen LogP contribution in [-0.2, 0) is 6.42 Å². The first kappa shape index (κ1) is 18.1. The molecule has 0 fully saturated rings. The van der Waals surface area contributed by atoms with Gasteiger partial charge in [0.2, 0.25) is 5.96 Å². The zero-order valence-electron chi connectivity index (χ0n) is 15.7. The quantitative estimate of drug-likeness (QED) is 0.635. The summed E-state index contributed by atoms with van der Waals surface area (Å²) in [5, 5.41) is 13.7. The van der Waals surface area contributed by atoms with E-state index in [-0.39, 0.29) is 6.04 Å². The average Bonchev–Trinajstić information content (AvgIpc) is 3.15. The third-order valence-corrected chi connectivity index (χ3v) is 5.80. The third kappa shape index (κ3) is 3.34. The lowest BCUT2D eigenvalue weighted by Gasteiger charge is -2.29. The first-order chi connectivity index (χ1) is 14.2. The van der Waals surface area contributed by atoms with E-state index in [1.54, 1.807) is 0 Å². The maximum absolute atomic E-state index is 9.68. The van der Waals surface area contributed by atoms with Gasteiger partial charge >= 0.3 is 0 Å². The molecule has 0 bridgehead atoms. The van der Waals surface area contributed by atoms with Crippen LogP contribution in [0, 0.1) is 0 Å². The monoisotopic (exact) mass is 405 g/mol. The van der Waals surface area contributed by atoms with Crippen molar-refractivity contribution in [2.75, 3.05) is 5.32 Å². The smallest absolute Gasteiger partial charge is 0.247 e. The van der Waals surface area contributed by atoms with Gasteiger partial charge in [-0.1, -0.05) is 48.0 Å². The average molecular weight is 406 g/mol. The Balaban J connectivity index is 1.58. The number of nitrogens with zero attached hydrogens (tertiary/aromatic N) is 3. The van der Waals surface area contributed by atoms with E-state index in [9.17, 15) is 5.21 Å². The lowest BCUT2D eigenvalue weighted by molar-refractivity contribution is 0.193. The minimum atomic E-state index is -0.353. The summed E-state index contributed by atoms with van der Waals surface area (Å²) in [4.78, 5) is 14.3. The molecule has 3 N–H and O–H groups in total. The lowest BCUT2D eigenvalue weighted by atomic mass is 9.85. The number of benzene rings is 2. The molecule has 0 aromatic heterocycles. The molecule has 0 saturated heterocycles. The largest absolute Gasteiger partial charge is 0.343 e. The molecular formula is C22H20ClN5O. The number of anilines is 1. The molecule has 146 valence electrons. The number of hydroxylamine groups is 1. The minimum absolute atomic E-state index is 0.353. The number of amidine groups is 1. The number of rotatable bonds is 2. The second kappa shape index (κ2) is 7.46. The summed E-state index contributed by atoms with van der Waals surface area (Å²) in [6.45, 7) is 0. The van der Waals surface area contributed by atoms with E-state index in [1.165, 1.54) is 5.56 Å². The fraction of sp³-hybridized carbons (Fsp3) is 0.227. The third-order valence-electron chi connectivity index (χ3n) is 5.45. The van der Waals surface area contributed by atoms with Gasteiger partial charge in [0.15, 0.2) is 0 Å². The first-order valence-electron chi connectivity index (χ1n) is 9.69. The standard InChI is InChI=1S/C22H20ClN5O/c23-15-8-3-2-7-14(15)21-20-17(10-5-11-18(20)28-29)25-22(27-21)26-19-12-13-6-1-4-9-16(13)24-19/h1-4,6-9,21,28-29H,5,10-12H2,(H,24,26,27). The van der Waals surface area contributed by atoms with Crippen molar-refractivity contribution in [2.24, 2.45) is 15.0 Å². The summed E-state index contributed by atoms with van der Waals surface area (Å²) in [6.07, 6.45) is 3.21. The van der Waals surface area contributed by atoms with Gasteiger partial charge < -0.3 is 5.32 Å². The number of nitrogens with one attached hydrogen (secondary N) is 2. The highest BCUT2D eigenvalue weighted by Crippen LogP contribution is 2.39. The van der Waals surface area contributed by atoms with Crippen molar-refractivity contribution in [2.45, 2.75) is 31.7 Å². The molecule has 0 saturated carbocycles. The van der Waals surface area contributed by atoms with E-state index < -0.39 is 0 Å². The van der Waals surface area contributed by atoms with Gasteiger partial charge in [-0.3, -0.25) is 10.7 Å². The minimum Gasteiger partial charge on any atom is -0.343 e. The van der Waals surface area contributed by atoms with Crippen molar-refractivity contribution in [3.05, 3.63) is 76.0 Å². The summed E-state index contributed by atoms with van der Waals surface area (Å²) in [6, 6.07) is 15.5. The summed E-state index contributed by atoms with van der Waals surface area (Å²) in [5.41, 5.74) is 8.08. The molecule has 3 aliphatic rings. The van der Waals surface area contributed by atoms with Gasteiger partial charge in [-0.25, -0.2) is 9.98 Å². The molecule has 2 heterocycles. The van der Waals surface area contributed by atoms with Crippen molar-refractivity contribution in [1.82, 2.24) is 5.48 Å². The van der Waals surface area contributed by atoms with Gasteiger partial charge in [-0.05, 0) is 42.5 Å². The van der Waals surface area contributed by atoms with Crippen molar-refractivity contribution in [3.63, 3.8) is 0 Å². The van der Waals surface area contributed by atoms with E-state index in [0.717, 1.165) is 59.8 Å². The fourth-order valence-corrected chi connectivity index (χ4v) is 4.34. The Hall–Kier alpha value is -2.96. The number of para-hydroxylation sites is 1. The Bertz CT molecular complexity index is 1070. The van der Waals surface area contributed by atoms with Crippen LogP contribution >= 0.6 is 11.6 Å². The Kier molecular flexibility index (Phi) is 4.66. The van der Waals surface area contributed by atoms with E-state index in [2.05, 4.69) is 16.9 Å². The number of guanidine groups is 1. The number of allylic oxidation sites excluding steroid dienone is 1. The SMILES string of the molecule is ONC1=C2C(=NC(/N=C3/Cc4ccccc4N3)=NC2c2ccccc2Cl)CCC1. The zero-order valence-corrected chi connectivity index (χ0v) is 16.4. The Labute approximate surface area is 173 Å². The summed E-state index contributed by atoms with van der Waals surface area (Å²) in [5.74, 6) is 1.26. The van der Waals surface area contributed by atoms with Crippen LogP contribution in [0.1, 0.15) is 36.4 Å². The Morgan fingerprint density at radius 1 is 1.10 bits per heavy atom. The van der Waals surface area contributed by atoms with Crippen molar-refractivity contribution < 1.29 is 5.21 Å². The molecule has 6 nitrogen and oxygen atoms in total. The van der Waals surface area contributed by atoms with Crippen LogP contribution in [0.15, 0.2) is 74.8 Å². The molecule has 2 aromatic rings. The normalized spacial score (nSPS) is 21.9. The highest BCUT2D eigenvalue weighted by atomic mass is 35.5. The van der Waals surface area contributed by atoms with Crippen LogP contribution in [0.25, 0.3) is 0 Å². The Morgan fingerprint density at radius 2 is 1.93 bits per heavy atom. The lowest BCUT2D eigenvalue weighted by Crippen LogP contribution is -2.27. The molecule has 0 spiro atoms. The predicted octanol–water partition coefficient (Wildman–Crippen LogP) is 4.68. The number of hydrogen-bond donors (Lipinski definition) is 3. The predicted molar refractivity (Wildman–Crippen MR) is 116 cm³/mol. The van der Waals surface area contributed by atoms with Gasteiger partial charge in [0.1, 0.15) is 11.9 Å². The highest BCUT2D eigenvalue weighted by molar-refractivity contribution is 6.31. The van der Waals surface area contributed by atoms with E-state index in [4.69, 9.17) is 26.6 Å². The number of halogens is 1. The van der Waals surface area contributed by atoms with Crippen LogP contribution in [0.2, 0.25) is 5.02 Å². The molecule has 0 amide bonds. The summed E-state index contributed by atoms with van der Waals surface area (Å²) >= 11 is 6.50. The zero-order chi connectivity index (χ0) is 19.8. The van der Waals surface area contributed by atoms with E-state index >= 15 is 0 Å². The van der Waals surface area contributed by atoms with Gasteiger partial charge in [-0.2, -0.15) is 4.99 Å². The van der Waals surface area contributed by atoms with Crippen LogP contribution in [-0.4, -0.2) is 22.7 Å². The highest BCUT2D eigenvalue weighted by Gasteiger charge is 2.32. The number of aliphatic imine (C=N–C) groups is 3. The molecule has 1 aliphatic carbocycles. The summed E-state index contributed by atoms with van der Waals surface area (Å²) < 4.78 is 0. The van der Waals surface area contributed by atoms with Gasteiger partial charge in [-0.15, -0.1) is 0 Å². The number of hydrogen-bond acceptors (Lipinski definition) is 5. The second-order valence-corrected chi connectivity index (χ2v) is 7.69. The molecule has 2 aliphatic heterocycles. The van der Waals surface area contributed by atoms with Crippen molar-refractivity contribution in [3.8, 4) is 0 Å². The van der Waals surface area contributed by atoms with Gasteiger partial charge in [0.25, 0.3) is 0 Å². The number of fused-ring (bicyclic) bond motifs is 2. The molecule has 29 heavy (non-hydrogen) atoms. The van der Waals surface area contributed by atoms with Gasteiger partial charge in [0.05, 0.1) is 5.71 Å². The summed E-state index contributed by atoms with van der Waals surface area (Å²) in [7, 11) is 0. The van der Waals surface area contributed by atoms with Crippen LogP contribution in [0.4, 0.5) is 5.69 Å². The molecule has 2 aromatic carbocycles. The molecule has 5 rings (SSSR count). The molecule has 1 unspecified atom stereocenters. The first-order valence-corrected chi connectivity index (χ1v) is 10.1. The van der Waals surface area contributed by atoms with Crippen molar-refractivity contribution in [1.29, 1.82) is 0 Å². The van der Waals surface area contributed by atoms with E-state index in [0.29, 0.717) is 11.0 Å². The molecule has 1 atom stereocenters. The van der Waals surface area contributed by atoms with E-state index in [1.807, 2.05) is 42.5 Å². The van der Waals surface area contributed by atoms with Crippen LogP contribution < -0.4 is 10.8 Å². The van der Waals surface area contributed by atoms with Gasteiger partial charge in [0, 0.05) is 28.4 Å². The molecular weight excluding hydrogens is 386 g/mol. The van der Waals surface area contributed by atoms with Crippen molar-refractivity contribution >= 4 is 34.8 Å². The second-order valence-electron chi connectivity index (χ2n) is 7.29. The molecule has 7 heteroatoms. The van der Waals surface area contributed by atoms with Crippen LogP contribution in [0.5, 0.6) is 0 Å². The fourth-order valence-electron chi connectivity index (χ4n) is 4.10. The maximum Gasteiger partial charge on any atom is 0.247 e. The maximum atomic E-state index is 9.68. The Morgan fingerprint density at radius 3 is 2.76 bits per heavy atom.